The summed E-state index contributed by atoms with van der Waals surface area (Å²) in [5, 5.41) is 11.4. The van der Waals surface area contributed by atoms with Crippen LogP contribution in [-0.2, 0) is 9.59 Å². The SMILES string of the molecule is CN1CCNC(CCC(=O)O)C1=O. The van der Waals surface area contributed by atoms with E-state index in [0.29, 0.717) is 13.0 Å². The summed E-state index contributed by atoms with van der Waals surface area (Å²) < 4.78 is 0. The molecule has 1 atom stereocenters. The molecule has 1 aliphatic rings. The number of carbonyl (C=O) groups is 2. The van der Waals surface area contributed by atoms with Crippen LogP contribution in [0.25, 0.3) is 0 Å². The van der Waals surface area contributed by atoms with Gasteiger partial charge in [-0.15, -0.1) is 0 Å². The van der Waals surface area contributed by atoms with Crippen molar-refractivity contribution in [2.75, 3.05) is 20.1 Å². The van der Waals surface area contributed by atoms with Crippen LogP contribution in [0.1, 0.15) is 12.8 Å². The zero-order chi connectivity index (χ0) is 9.84. The maximum Gasteiger partial charge on any atom is 0.303 e. The molecule has 0 bridgehead atoms. The van der Waals surface area contributed by atoms with Crippen molar-refractivity contribution in [3.63, 3.8) is 0 Å². The quantitative estimate of drug-likeness (QED) is 0.610. The van der Waals surface area contributed by atoms with Gasteiger partial charge in [-0.05, 0) is 6.42 Å². The average Bonchev–Trinajstić information content (AvgIpc) is 2.07. The van der Waals surface area contributed by atoms with Gasteiger partial charge in [-0.1, -0.05) is 0 Å². The lowest BCUT2D eigenvalue weighted by Crippen LogP contribution is -2.53. The summed E-state index contributed by atoms with van der Waals surface area (Å²) in [4.78, 5) is 23.3. The molecular formula is C8H14N2O3. The normalized spacial score (nSPS) is 23.3. The molecule has 2 N–H and O–H groups in total. The Morgan fingerprint density at radius 3 is 3.08 bits per heavy atom. The largest absolute Gasteiger partial charge is 0.481 e. The Morgan fingerprint density at radius 2 is 2.46 bits per heavy atom. The Morgan fingerprint density at radius 1 is 1.77 bits per heavy atom. The molecule has 0 radical (unpaired) electrons. The van der Waals surface area contributed by atoms with Crippen LogP contribution >= 0.6 is 0 Å². The summed E-state index contributed by atoms with van der Waals surface area (Å²) in [5.41, 5.74) is 0. The third kappa shape index (κ3) is 2.69. The van der Waals surface area contributed by atoms with Crippen LogP contribution < -0.4 is 5.32 Å². The zero-order valence-corrected chi connectivity index (χ0v) is 7.62. The Hall–Kier alpha value is -1.10. The van der Waals surface area contributed by atoms with Crippen LogP contribution in [-0.4, -0.2) is 48.1 Å². The third-order valence-electron chi connectivity index (χ3n) is 2.16. The van der Waals surface area contributed by atoms with Crippen molar-refractivity contribution in [3.8, 4) is 0 Å². The first-order valence-corrected chi connectivity index (χ1v) is 4.31. The van der Waals surface area contributed by atoms with E-state index in [1.807, 2.05) is 0 Å². The minimum absolute atomic E-state index is 0.00694. The number of carbonyl (C=O) groups excluding carboxylic acids is 1. The molecule has 0 aromatic rings. The Bertz CT molecular complexity index is 217. The molecule has 5 nitrogen and oxygen atoms in total. The van der Waals surface area contributed by atoms with E-state index in [0.717, 1.165) is 6.54 Å². The van der Waals surface area contributed by atoms with Crippen molar-refractivity contribution in [1.82, 2.24) is 10.2 Å². The minimum Gasteiger partial charge on any atom is -0.481 e. The molecule has 1 rings (SSSR count). The minimum atomic E-state index is -0.858. The van der Waals surface area contributed by atoms with E-state index in [-0.39, 0.29) is 18.4 Å². The number of piperazine rings is 1. The third-order valence-corrected chi connectivity index (χ3v) is 2.16. The van der Waals surface area contributed by atoms with Gasteiger partial charge in [-0.3, -0.25) is 9.59 Å². The van der Waals surface area contributed by atoms with Gasteiger partial charge in [-0.2, -0.15) is 0 Å². The Labute approximate surface area is 76.7 Å². The van der Waals surface area contributed by atoms with Crippen LogP contribution in [0.4, 0.5) is 0 Å². The van der Waals surface area contributed by atoms with Crippen molar-refractivity contribution >= 4 is 11.9 Å². The monoisotopic (exact) mass is 186 g/mol. The van der Waals surface area contributed by atoms with Crippen molar-refractivity contribution in [1.29, 1.82) is 0 Å². The van der Waals surface area contributed by atoms with Gasteiger partial charge in [0.15, 0.2) is 0 Å². The van der Waals surface area contributed by atoms with Crippen molar-refractivity contribution in [3.05, 3.63) is 0 Å². The molecule has 0 spiro atoms. The van der Waals surface area contributed by atoms with Gasteiger partial charge < -0.3 is 15.3 Å². The van der Waals surface area contributed by atoms with Gasteiger partial charge >= 0.3 is 5.97 Å². The van der Waals surface area contributed by atoms with Crippen molar-refractivity contribution in [2.45, 2.75) is 18.9 Å². The highest BCUT2D eigenvalue weighted by molar-refractivity contribution is 5.83. The molecule has 5 heteroatoms. The van der Waals surface area contributed by atoms with Gasteiger partial charge in [0.05, 0.1) is 6.04 Å². The summed E-state index contributed by atoms with van der Waals surface area (Å²) in [6, 6.07) is -0.310. The maximum atomic E-state index is 11.4. The fourth-order valence-electron chi connectivity index (χ4n) is 1.36. The predicted molar refractivity (Wildman–Crippen MR) is 46.3 cm³/mol. The number of carboxylic acids is 1. The number of nitrogens with zero attached hydrogens (tertiary/aromatic N) is 1. The lowest BCUT2D eigenvalue weighted by Gasteiger charge is -2.29. The van der Waals surface area contributed by atoms with E-state index in [2.05, 4.69) is 5.32 Å². The smallest absolute Gasteiger partial charge is 0.303 e. The van der Waals surface area contributed by atoms with E-state index in [9.17, 15) is 9.59 Å². The summed E-state index contributed by atoms with van der Waals surface area (Å²) in [5.74, 6) is -0.865. The van der Waals surface area contributed by atoms with Gasteiger partial charge in [0.2, 0.25) is 5.91 Å². The fourth-order valence-corrected chi connectivity index (χ4v) is 1.36. The second kappa shape index (κ2) is 4.23. The molecule has 0 aromatic carbocycles. The number of rotatable bonds is 3. The maximum absolute atomic E-state index is 11.4. The molecule has 13 heavy (non-hydrogen) atoms. The van der Waals surface area contributed by atoms with E-state index >= 15 is 0 Å². The molecule has 0 aliphatic carbocycles. The van der Waals surface area contributed by atoms with E-state index in [4.69, 9.17) is 5.11 Å². The average molecular weight is 186 g/mol. The molecule has 1 heterocycles. The van der Waals surface area contributed by atoms with Gasteiger partial charge in [-0.25, -0.2) is 0 Å². The highest BCUT2D eigenvalue weighted by Gasteiger charge is 2.25. The molecule has 1 aliphatic heterocycles. The van der Waals surface area contributed by atoms with E-state index < -0.39 is 5.97 Å². The summed E-state index contributed by atoms with van der Waals surface area (Å²) in [6.07, 6.45) is 0.412. The highest BCUT2D eigenvalue weighted by Crippen LogP contribution is 2.05. The van der Waals surface area contributed by atoms with Crippen LogP contribution in [0.5, 0.6) is 0 Å². The van der Waals surface area contributed by atoms with Crippen LogP contribution in [0.3, 0.4) is 0 Å². The van der Waals surface area contributed by atoms with Crippen molar-refractivity contribution < 1.29 is 14.7 Å². The fraction of sp³-hybridized carbons (Fsp3) is 0.750. The van der Waals surface area contributed by atoms with Gasteiger partial charge in [0.1, 0.15) is 0 Å². The lowest BCUT2D eigenvalue weighted by molar-refractivity contribution is -0.138. The zero-order valence-electron chi connectivity index (χ0n) is 7.62. The van der Waals surface area contributed by atoms with Crippen molar-refractivity contribution in [2.24, 2.45) is 0 Å². The molecule has 1 saturated heterocycles. The first-order valence-electron chi connectivity index (χ1n) is 4.31. The van der Waals surface area contributed by atoms with E-state index in [1.165, 1.54) is 0 Å². The molecule has 0 aromatic heterocycles. The second-order valence-electron chi connectivity index (χ2n) is 3.20. The second-order valence-corrected chi connectivity index (χ2v) is 3.20. The Kier molecular flexibility index (Phi) is 3.25. The number of aliphatic carboxylic acids is 1. The highest BCUT2D eigenvalue weighted by atomic mass is 16.4. The first kappa shape index (κ1) is 9.98. The molecule has 74 valence electrons. The number of nitrogens with one attached hydrogen (secondary N) is 1. The number of carboxylic acid groups (broad SMARTS) is 1. The van der Waals surface area contributed by atoms with Crippen LogP contribution in [0.2, 0.25) is 0 Å². The molecule has 1 unspecified atom stereocenters. The standard InChI is InChI=1S/C8H14N2O3/c1-10-5-4-9-6(8(10)13)2-3-7(11)12/h6,9H,2-5H2,1H3,(H,11,12). The predicted octanol–water partition coefficient (Wildman–Crippen LogP) is -0.719. The van der Waals surface area contributed by atoms with Gasteiger partial charge in [0, 0.05) is 26.6 Å². The Balaban J connectivity index is 2.40. The summed E-state index contributed by atoms with van der Waals surface area (Å²) in [7, 11) is 1.73. The lowest BCUT2D eigenvalue weighted by atomic mass is 10.1. The van der Waals surface area contributed by atoms with Gasteiger partial charge in [0.25, 0.3) is 0 Å². The molecule has 0 saturated carbocycles. The molecule has 1 amide bonds. The van der Waals surface area contributed by atoms with Crippen LogP contribution in [0, 0.1) is 0 Å². The van der Waals surface area contributed by atoms with Crippen LogP contribution in [0.15, 0.2) is 0 Å². The number of amides is 1. The summed E-state index contributed by atoms with van der Waals surface area (Å²) >= 11 is 0. The first-order chi connectivity index (χ1) is 6.11. The number of hydrogen-bond donors (Lipinski definition) is 2. The van der Waals surface area contributed by atoms with E-state index in [1.54, 1.807) is 11.9 Å². The number of hydrogen-bond acceptors (Lipinski definition) is 3. The summed E-state index contributed by atoms with van der Waals surface area (Å²) in [6.45, 7) is 1.44. The topological polar surface area (TPSA) is 69.6 Å². The molecule has 1 fully saturated rings. The molecular weight excluding hydrogens is 172 g/mol. The number of likely N-dealkylation sites (N-methyl/N-ethyl adjacent to an activating group) is 1.